The Kier molecular flexibility index (Phi) is 10.5. The summed E-state index contributed by atoms with van der Waals surface area (Å²) in [5.74, 6) is 0. The Bertz CT molecular complexity index is 253. The smallest absolute Gasteiger partial charge is 0.724 e. The standard InChI is InChI=1S/Co.Na.H2O8S2/c;;1-9(2,3)7-8-10(4,5)6/h;;(H,1,2,3)(H,4,5,6)/q+2;+1;/p-2. The van der Waals surface area contributed by atoms with Gasteiger partial charge in [-0.1, -0.05) is 0 Å². The van der Waals surface area contributed by atoms with Crippen molar-refractivity contribution in [3.63, 3.8) is 0 Å². The molecule has 69 valence electrons. The number of rotatable bonds is 3. The van der Waals surface area contributed by atoms with Gasteiger partial charge in [-0.15, -0.1) is 8.67 Å². The first kappa shape index (κ1) is 18.9. The molecule has 0 amide bonds. The van der Waals surface area contributed by atoms with Gasteiger partial charge < -0.3 is 9.11 Å². The van der Waals surface area contributed by atoms with Crippen LogP contribution in [0, 0.1) is 0 Å². The Morgan fingerprint density at radius 1 is 0.833 bits per heavy atom. The molecule has 0 heterocycles. The van der Waals surface area contributed by atoms with Crippen LogP contribution in [0.25, 0.3) is 0 Å². The molecule has 0 aliphatic heterocycles. The molecule has 0 aromatic carbocycles. The first-order chi connectivity index (χ1) is 4.21. The summed E-state index contributed by atoms with van der Waals surface area (Å²) < 4.78 is 61.5. The topological polar surface area (TPSA) is 133 Å². The minimum Gasteiger partial charge on any atom is -0.724 e. The van der Waals surface area contributed by atoms with Crippen molar-refractivity contribution in [2.75, 3.05) is 0 Å². The van der Waals surface area contributed by atoms with Crippen LogP contribution in [-0.4, -0.2) is 25.9 Å². The molecule has 0 saturated heterocycles. The van der Waals surface area contributed by atoms with E-state index >= 15 is 0 Å². The number of hydrogen-bond donors (Lipinski definition) is 0. The fourth-order valence-electron chi connectivity index (χ4n) is 0.0680. The summed E-state index contributed by atoms with van der Waals surface area (Å²) in [5, 5.41) is 0. The molecule has 0 bridgehead atoms. The van der Waals surface area contributed by atoms with Crippen LogP contribution in [-0.2, 0) is 46.2 Å². The molecule has 12 heavy (non-hydrogen) atoms. The second kappa shape index (κ2) is 6.66. The molecule has 0 unspecified atom stereocenters. The predicted octanol–water partition coefficient (Wildman–Crippen LogP) is -5.14. The molecule has 1 radical (unpaired) electrons. The molecule has 0 aromatic heterocycles. The van der Waals surface area contributed by atoms with Crippen LogP contribution in [0.2, 0.25) is 0 Å². The minimum atomic E-state index is -5.31. The Morgan fingerprint density at radius 2 is 1.00 bits per heavy atom. The first-order valence-corrected chi connectivity index (χ1v) is 4.17. The maximum Gasteiger partial charge on any atom is 2.00 e. The Morgan fingerprint density at radius 3 is 1.08 bits per heavy atom. The van der Waals surface area contributed by atoms with Crippen LogP contribution in [0.3, 0.4) is 0 Å². The first-order valence-electron chi connectivity index (χ1n) is 1.50. The molecule has 0 aliphatic rings. The molecular weight excluding hydrogens is 274 g/mol. The van der Waals surface area contributed by atoms with E-state index in [1.165, 1.54) is 0 Å². The van der Waals surface area contributed by atoms with Crippen molar-refractivity contribution in [2.24, 2.45) is 0 Å². The van der Waals surface area contributed by atoms with Gasteiger partial charge in [-0.05, 0) is 0 Å². The average molecular weight is 274 g/mol. The second-order valence-electron chi connectivity index (χ2n) is 0.953. The SMILES string of the molecule is O=S(=O)([O-])OOS(=O)(=O)[O-].[Co+2].[Na+]. The molecule has 8 nitrogen and oxygen atoms in total. The van der Waals surface area contributed by atoms with Gasteiger partial charge in [-0.2, -0.15) is 0 Å². The van der Waals surface area contributed by atoms with Gasteiger partial charge in [0.05, 0.1) is 0 Å². The van der Waals surface area contributed by atoms with E-state index in [1.807, 2.05) is 0 Å². The molecule has 0 saturated carbocycles. The quantitative estimate of drug-likeness (QED) is 0.164. The molecule has 0 spiro atoms. The summed E-state index contributed by atoms with van der Waals surface area (Å²) in [7, 11) is -10.6. The zero-order valence-corrected chi connectivity index (χ0v) is 10.1. The third kappa shape index (κ3) is 17.4. The summed E-state index contributed by atoms with van der Waals surface area (Å²) >= 11 is 0. The molecule has 0 fully saturated rings. The van der Waals surface area contributed by atoms with Crippen molar-refractivity contribution in [2.45, 2.75) is 0 Å². The normalized spacial score (nSPS) is 11.2. The van der Waals surface area contributed by atoms with Crippen molar-refractivity contribution < 1.29 is 80.9 Å². The van der Waals surface area contributed by atoms with E-state index in [4.69, 9.17) is 0 Å². The molecule has 0 rings (SSSR count). The zero-order valence-electron chi connectivity index (χ0n) is 5.42. The van der Waals surface area contributed by atoms with E-state index in [-0.39, 0.29) is 46.3 Å². The minimum absolute atomic E-state index is 0. The Labute approximate surface area is 101 Å². The molecule has 0 N–H and O–H groups in total. The maximum absolute atomic E-state index is 9.37. The van der Waals surface area contributed by atoms with E-state index in [1.54, 1.807) is 0 Å². The predicted molar refractivity (Wildman–Crippen MR) is 21.6 cm³/mol. The zero-order chi connectivity index (χ0) is 8.41. The molecule has 12 heteroatoms. The van der Waals surface area contributed by atoms with Crippen LogP contribution in [0.5, 0.6) is 0 Å². The van der Waals surface area contributed by atoms with Gasteiger partial charge in [0.25, 0.3) is 0 Å². The third-order valence-corrected chi connectivity index (χ3v) is 0.750. The molecule has 0 atom stereocenters. The molecular formula is CoNaO8S2+. The van der Waals surface area contributed by atoms with Crippen molar-refractivity contribution in [1.82, 2.24) is 0 Å². The van der Waals surface area contributed by atoms with Gasteiger partial charge in [-0.25, -0.2) is 16.8 Å². The van der Waals surface area contributed by atoms with E-state index in [9.17, 15) is 25.9 Å². The van der Waals surface area contributed by atoms with Crippen LogP contribution in [0.15, 0.2) is 0 Å². The van der Waals surface area contributed by atoms with Gasteiger partial charge >= 0.3 is 46.3 Å². The van der Waals surface area contributed by atoms with Crippen molar-refractivity contribution >= 4 is 20.8 Å². The molecule has 0 aromatic rings. The van der Waals surface area contributed by atoms with E-state index in [0.717, 1.165) is 0 Å². The van der Waals surface area contributed by atoms with Crippen molar-refractivity contribution in [1.29, 1.82) is 0 Å². The maximum atomic E-state index is 9.37. The van der Waals surface area contributed by atoms with Crippen LogP contribution in [0.1, 0.15) is 0 Å². The van der Waals surface area contributed by atoms with Gasteiger partial charge in [0.2, 0.25) is 20.8 Å². The summed E-state index contributed by atoms with van der Waals surface area (Å²) in [4.78, 5) is 0. The van der Waals surface area contributed by atoms with Crippen molar-refractivity contribution in [3.05, 3.63) is 0 Å². The van der Waals surface area contributed by atoms with Gasteiger partial charge in [0.15, 0.2) is 0 Å². The van der Waals surface area contributed by atoms with Gasteiger partial charge in [0, 0.05) is 0 Å². The average Bonchev–Trinajstić information content (AvgIpc) is 1.57. The monoisotopic (exact) mass is 274 g/mol. The Hall–Kier alpha value is 1.25. The summed E-state index contributed by atoms with van der Waals surface area (Å²) in [6, 6.07) is 0. The van der Waals surface area contributed by atoms with Crippen LogP contribution in [0.4, 0.5) is 0 Å². The van der Waals surface area contributed by atoms with Gasteiger partial charge in [0.1, 0.15) is 0 Å². The second-order valence-corrected chi connectivity index (χ2v) is 2.86. The van der Waals surface area contributed by atoms with E-state index in [0.29, 0.717) is 0 Å². The fourth-order valence-corrected chi connectivity index (χ4v) is 0.612. The van der Waals surface area contributed by atoms with E-state index in [2.05, 4.69) is 8.67 Å². The van der Waals surface area contributed by atoms with E-state index < -0.39 is 20.8 Å². The van der Waals surface area contributed by atoms with Crippen molar-refractivity contribution in [3.8, 4) is 0 Å². The van der Waals surface area contributed by atoms with Crippen LogP contribution < -0.4 is 29.6 Å². The van der Waals surface area contributed by atoms with Crippen LogP contribution >= 0.6 is 0 Å². The van der Waals surface area contributed by atoms with Gasteiger partial charge in [-0.3, -0.25) is 0 Å². The summed E-state index contributed by atoms with van der Waals surface area (Å²) in [6.07, 6.45) is 0. The fraction of sp³-hybridized carbons (Fsp3) is 0. The molecule has 0 aliphatic carbocycles. The largest absolute Gasteiger partial charge is 2.00 e. The summed E-state index contributed by atoms with van der Waals surface area (Å²) in [6.45, 7) is 0. The third-order valence-electron chi connectivity index (χ3n) is 0.194. The summed E-state index contributed by atoms with van der Waals surface area (Å²) in [5.41, 5.74) is 0. The Balaban J connectivity index is -0.000000405. The number of hydrogen-bond acceptors (Lipinski definition) is 8.